The molecule has 1 N–H and O–H groups in total. The molecular formula is C15H24N4O. The van der Waals surface area contributed by atoms with Crippen molar-refractivity contribution >= 4 is 5.95 Å². The fourth-order valence-electron chi connectivity index (χ4n) is 2.66. The Morgan fingerprint density at radius 1 is 1.40 bits per heavy atom. The summed E-state index contributed by atoms with van der Waals surface area (Å²) in [6.45, 7) is 4.89. The van der Waals surface area contributed by atoms with Crippen molar-refractivity contribution in [1.82, 2.24) is 15.3 Å². The third-order valence-electron chi connectivity index (χ3n) is 4.22. The average molecular weight is 276 g/mol. The Morgan fingerprint density at radius 3 is 2.95 bits per heavy atom. The fourth-order valence-corrected chi connectivity index (χ4v) is 2.66. The van der Waals surface area contributed by atoms with Gasteiger partial charge in [0.05, 0.1) is 6.10 Å². The third kappa shape index (κ3) is 3.27. The number of rotatable bonds is 5. The number of methoxy groups -OCH3 is 1. The van der Waals surface area contributed by atoms with E-state index in [1.807, 2.05) is 6.20 Å². The molecule has 0 radical (unpaired) electrons. The number of aromatic nitrogens is 2. The van der Waals surface area contributed by atoms with Crippen LogP contribution in [0.3, 0.4) is 0 Å². The molecule has 2 heterocycles. The largest absolute Gasteiger partial charge is 0.380 e. The number of nitrogens with one attached hydrogen (secondary N) is 1. The van der Waals surface area contributed by atoms with Gasteiger partial charge < -0.3 is 15.0 Å². The molecule has 2 fully saturated rings. The normalized spacial score (nSPS) is 23.1. The second-order valence-electron chi connectivity index (χ2n) is 5.88. The average Bonchev–Trinajstić information content (AvgIpc) is 3.30. The van der Waals surface area contributed by atoms with E-state index in [0.717, 1.165) is 50.2 Å². The molecule has 1 aliphatic carbocycles. The van der Waals surface area contributed by atoms with Gasteiger partial charge in [0, 0.05) is 50.2 Å². The van der Waals surface area contributed by atoms with Gasteiger partial charge in [0.1, 0.15) is 0 Å². The summed E-state index contributed by atoms with van der Waals surface area (Å²) in [5.74, 6) is 0.847. The molecule has 3 rings (SSSR count). The highest BCUT2D eigenvalue weighted by Crippen LogP contribution is 2.21. The summed E-state index contributed by atoms with van der Waals surface area (Å²) in [5, 5.41) is 3.52. The standard InChI is InChI=1S/C15H24N4O/c1-11-12(8-16-13-5-6-13)9-17-15(18-11)19-7-3-4-14(10-19)20-2/h9,13-14,16H,3-8,10H2,1-2H3. The zero-order valence-corrected chi connectivity index (χ0v) is 12.4. The van der Waals surface area contributed by atoms with E-state index in [9.17, 15) is 0 Å². The zero-order valence-electron chi connectivity index (χ0n) is 12.4. The number of nitrogens with zero attached hydrogens (tertiary/aromatic N) is 3. The minimum absolute atomic E-state index is 0.309. The van der Waals surface area contributed by atoms with E-state index in [0.29, 0.717) is 6.10 Å². The van der Waals surface area contributed by atoms with Crippen LogP contribution in [0, 0.1) is 6.92 Å². The molecule has 0 aromatic carbocycles. The maximum absolute atomic E-state index is 5.46. The van der Waals surface area contributed by atoms with Crippen molar-refractivity contribution in [1.29, 1.82) is 0 Å². The number of ether oxygens (including phenoxy) is 1. The summed E-state index contributed by atoms with van der Waals surface area (Å²) >= 11 is 0. The van der Waals surface area contributed by atoms with Crippen LogP contribution < -0.4 is 10.2 Å². The first-order valence-electron chi connectivity index (χ1n) is 7.60. The van der Waals surface area contributed by atoms with Gasteiger partial charge >= 0.3 is 0 Å². The predicted molar refractivity (Wildman–Crippen MR) is 78.9 cm³/mol. The Balaban J connectivity index is 1.65. The molecule has 2 aliphatic rings. The van der Waals surface area contributed by atoms with Crippen molar-refractivity contribution in [3.05, 3.63) is 17.5 Å². The maximum atomic E-state index is 5.46. The molecule has 1 atom stereocenters. The molecule has 20 heavy (non-hydrogen) atoms. The van der Waals surface area contributed by atoms with Crippen molar-refractivity contribution < 1.29 is 4.74 Å². The van der Waals surface area contributed by atoms with Crippen LogP contribution in [0.25, 0.3) is 0 Å². The van der Waals surface area contributed by atoms with Gasteiger partial charge in [-0.2, -0.15) is 0 Å². The molecule has 1 saturated carbocycles. The molecule has 0 bridgehead atoms. The highest BCUT2D eigenvalue weighted by molar-refractivity contribution is 5.33. The van der Waals surface area contributed by atoms with Gasteiger partial charge in [-0.15, -0.1) is 0 Å². The number of hydrogen-bond acceptors (Lipinski definition) is 5. The topological polar surface area (TPSA) is 50.3 Å². The third-order valence-corrected chi connectivity index (χ3v) is 4.22. The van der Waals surface area contributed by atoms with E-state index in [4.69, 9.17) is 4.74 Å². The second kappa shape index (κ2) is 6.06. The van der Waals surface area contributed by atoms with Crippen LogP contribution in [-0.4, -0.2) is 42.3 Å². The van der Waals surface area contributed by atoms with Crippen molar-refractivity contribution in [3.8, 4) is 0 Å². The quantitative estimate of drug-likeness (QED) is 0.886. The lowest BCUT2D eigenvalue weighted by Crippen LogP contribution is -2.40. The lowest BCUT2D eigenvalue weighted by molar-refractivity contribution is 0.0889. The Morgan fingerprint density at radius 2 is 2.25 bits per heavy atom. The van der Waals surface area contributed by atoms with Crippen LogP contribution in [0.5, 0.6) is 0 Å². The van der Waals surface area contributed by atoms with E-state index < -0.39 is 0 Å². The molecular weight excluding hydrogens is 252 g/mol. The molecule has 0 amide bonds. The number of aryl methyl sites for hydroxylation is 1. The van der Waals surface area contributed by atoms with Crippen LogP contribution in [0.15, 0.2) is 6.20 Å². The van der Waals surface area contributed by atoms with E-state index in [1.165, 1.54) is 18.4 Å². The monoisotopic (exact) mass is 276 g/mol. The molecule has 1 aromatic heterocycles. The minimum Gasteiger partial charge on any atom is -0.380 e. The first kappa shape index (κ1) is 13.8. The van der Waals surface area contributed by atoms with E-state index in [2.05, 4.69) is 27.1 Å². The molecule has 1 unspecified atom stereocenters. The van der Waals surface area contributed by atoms with Crippen molar-refractivity contribution in [3.63, 3.8) is 0 Å². The Bertz CT molecular complexity index is 461. The SMILES string of the molecule is COC1CCCN(c2ncc(CNC3CC3)c(C)n2)C1. The van der Waals surface area contributed by atoms with Crippen LogP contribution in [-0.2, 0) is 11.3 Å². The highest BCUT2D eigenvalue weighted by Gasteiger charge is 2.23. The Labute approximate surface area is 120 Å². The minimum atomic E-state index is 0.309. The van der Waals surface area contributed by atoms with Gasteiger partial charge in [0.25, 0.3) is 0 Å². The molecule has 5 nitrogen and oxygen atoms in total. The van der Waals surface area contributed by atoms with Gasteiger partial charge in [-0.3, -0.25) is 0 Å². The van der Waals surface area contributed by atoms with Crippen molar-refractivity contribution in [2.45, 2.75) is 51.3 Å². The first-order chi connectivity index (χ1) is 9.76. The smallest absolute Gasteiger partial charge is 0.225 e. The Hall–Kier alpha value is -1.20. The summed E-state index contributed by atoms with van der Waals surface area (Å²) in [6.07, 6.45) is 7.18. The molecule has 0 spiro atoms. The second-order valence-corrected chi connectivity index (χ2v) is 5.88. The first-order valence-corrected chi connectivity index (χ1v) is 7.60. The van der Waals surface area contributed by atoms with Crippen LogP contribution in [0.1, 0.15) is 36.9 Å². The number of piperidine rings is 1. The summed E-state index contributed by atoms with van der Waals surface area (Å²) in [4.78, 5) is 11.5. The van der Waals surface area contributed by atoms with Crippen LogP contribution in [0.4, 0.5) is 5.95 Å². The molecule has 1 saturated heterocycles. The lowest BCUT2D eigenvalue weighted by atomic mass is 10.1. The van der Waals surface area contributed by atoms with E-state index in [-0.39, 0.29) is 0 Å². The van der Waals surface area contributed by atoms with Gasteiger partial charge in [-0.05, 0) is 32.6 Å². The number of anilines is 1. The molecule has 110 valence electrons. The van der Waals surface area contributed by atoms with E-state index in [1.54, 1.807) is 7.11 Å². The van der Waals surface area contributed by atoms with Gasteiger partial charge in [0.15, 0.2) is 0 Å². The molecule has 1 aromatic rings. The summed E-state index contributed by atoms with van der Waals surface area (Å²) < 4.78 is 5.46. The van der Waals surface area contributed by atoms with Gasteiger partial charge in [-0.25, -0.2) is 9.97 Å². The van der Waals surface area contributed by atoms with Crippen LogP contribution >= 0.6 is 0 Å². The fraction of sp³-hybridized carbons (Fsp3) is 0.733. The molecule has 5 heteroatoms. The predicted octanol–water partition coefficient (Wildman–Crippen LogP) is 1.65. The van der Waals surface area contributed by atoms with E-state index >= 15 is 0 Å². The summed E-state index contributed by atoms with van der Waals surface area (Å²) in [7, 11) is 1.78. The highest BCUT2D eigenvalue weighted by atomic mass is 16.5. The van der Waals surface area contributed by atoms with Crippen molar-refractivity contribution in [2.24, 2.45) is 0 Å². The summed E-state index contributed by atoms with van der Waals surface area (Å²) in [6, 6.07) is 0.721. The number of hydrogen-bond donors (Lipinski definition) is 1. The lowest BCUT2D eigenvalue weighted by Gasteiger charge is -2.32. The van der Waals surface area contributed by atoms with Gasteiger partial charge in [-0.1, -0.05) is 0 Å². The Kier molecular flexibility index (Phi) is 4.17. The summed E-state index contributed by atoms with van der Waals surface area (Å²) in [5.41, 5.74) is 2.30. The van der Waals surface area contributed by atoms with Gasteiger partial charge in [0.2, 0.25) is 5.95 Å². The molecule has 1 aliphatic heterocycles. The van der Waals surface area contributed by atoms with Crippen molar-refractivity contribution in [2.75, 3.05) is 25.1 Å². The van der Waals surface area contributed by atoms with Crippen LogP contribution in [0.2, 0.25) is 0 Å². The maximum Gasteiger partial charge on any atom is 0.225 e. The zero-order chi connectivity index (χ0) is 13.9.